The fourth-order valence-electron chi connectivity index (χ4n) is 5.52. The second-order valence-electron chi connectivity index (χ2n) is 10.9. The minimum absolute atomic E-state index is 0.0318. The lowest BCUT2D eigenvalue weighted by molar-refractivity contribution is -0.139. The number of anilines is 2. The van der Waals surface area contributed by atoms with E-state index in [9.17, 15) is 22.4 Å². The van der Waals surface area contributed by atoms with Gasteiger partial charge in [-0.2, -0.15) is 13.2 Å². The number of hydrogen-bond acceptors (Lipinski definition) is 7. The summed E-state index contributed by atoms with van der Waals surface area (Å²) in [5.74, 6) is 0.320. The number of nitrogens with one attached hydrogen (secondary N) is 2. The number of imidazole rings is 2. The summed E-state index contributed by atoms with van der Waals surface area (Å²) in [7, 11) is 3.89. The molecule has 0 atom stereocenters. The van der Waals surface area contributed by atoms with Gasteiger partial charge in [0.2, 0.25) is 0 Å². The Kier molecular flexibility index (Phi) is 7.46. The molecule has 5 heterocycles. The second kappa shape index (κ2) is 11.2. The lowest BCUT2D eigenvalue weighted by Crippen LogP contribution is -2.35. The summed E-state index contributed by atoms with van der Waals surface area (Å²) < 4.78 is 56.2. The first-order valence-corrected chi connectivity index (χ1v) is 13.8. The molecule has 224 valence electrons. The summed E-state index contributed by atoms with van der Waals surface area (Å²) in [4.78, 5) is 37.5. The van der Waals surface area contributed by atoms with Crippen LogP contribution < -0.4 is 10.2 Å². The van der Waals surface area contributed by atoms with Crippen molar-refractivity contribution in [3.05, 3.63) is 71.7 Å². The molecule has 1 amide bonds. The first-order chi connectivity index (χ1) is 20.6. The smallest absolute Gasteiger partial charge is 0.356 e. The standard InChI is InChI=1S/C29H29F4N9O/c1-40(2)9-10-42-14-23(18-3-4-22(30)21(11-18)29(31,32)33)38-26(42)17-5-7-41(8-6-17)27-24-20(12-19-13-34-15-35-19)28(43)39-25(24)36-16-37-27/h3-4,11-17H,5-10H2,1-2H3,(H,34,35)(H,36,37,39,43). The number of aromatic nitrogens is 6. The number of piperidine rings is 1. The predicted octanol–water partition coefficient (Wildman–Crippen LogP) is 4.66. The van der Waals surface area contributed by atoms with E-state index < -0.39 is 17.6 Å². The van der Waals surface area contributed by atoms with Gasteiger partial charge in [0.25, 0.3) is 5.91 Å². The number of nitrogens with zero attached hydrogens (tertiary/aromatic N) is 7. The van der Waals surface area contributed by atoms with E-state index in [1.54, 1.807) is 18.5 Å². The van der Waals surface area contributed by atoms with Crippen LogP contribution in [0.15, 0.2) is 43.2 Å². The Morgan fingerprint density at radius 3 is 2.65 bits per heavy atom. The lowest BCUT2D eigenvalue weighted by atomic mass is 9.95. The summed E-state index contributed by atoms with van der Waals surface area (Å²) in [5.41, 5.74) is 1.02. The van der Waals surface area contributed by atoms with Crippen molar-refractivity contribution in [2.24, 2.45) is 0 Å². The predicted molar refractivity (Wildman–Crippen MR) is 152 cm³/mol. The number of carbonyl (C=O) groups excluding carboxylic acids is 1. The number of halogens is 4. The quantitative estimate of drug-likeness (QED) is 0.236. The number of H-pyrrole nitrogens is 1. The Balaban J connectivity index is 1.27. The zero-order chi connectivity index (χ0) is 30.3. The summed E-state index contributed by atoms with van der Waals surface area (Å²) in [6.45, 7) is 2.53. The highest BCUT2D eigenvalue weighted by Crippen LogP contribution is 2.40. The van der Waals surface area contributed by atoms with E-state index in [0.29, 0.717) is 73.2 Å². The highest BCUT2D eigenvalue weighted by Gasteiger charge is 2.36. The Labute approximate surface area is 244 Å². The van der Waals surface area contributed by atoms with Gasteiger partial charge >= 0.3 is 6.18 Å². The molecule has 2 aliphatic heterocycles. The zero-order valence-electron chi connectivity index (χ0n) is 23.5. The number of rotatable bonds is 7. The molecule has 2 aliphatic rings. The molecular formula is C29H29F4N9O. The number of carbonyl (C=O) groups is 1. The maximum Gasteiger partial charge on any atom is 0.419 e. The third kappa shape index (κ3) is 5.74. The number of likely N-dealkylation sites (N-methyl/N-ethyl adjacent to an activating group) is 1. The van der Waals surface area contributed by atoms with Crippen molar-refractivity contribution in [2.45, 2.75) is 31.5 Å². The van der Waals surface area contributed by atoms with Crippen molar-refractivity contribution in [1.29, 1.82) is 0 Å². The van der Waals surface area contributed by atoms with Crippen LogP contribution in [-0.4, -0.2) is 74.0 Å². The molecular weight excluding hydrogens is 566 g/mol. The molecule has 1 saturated heterocycles. The fraction of sp³-hybridized carbons (Fsp3) is 0.345. The van der Waals surface area contributed by atoms with Crippen LogP contribution in [0, 0.1) is 5.82 Å². The van der Waals surface area contributed by atoms with Crippen LogP contribution >= 0.6 is 0 Å². The van der Waals surface area contributed by atoms with Gasteiger partial charge in [-0.15, -0.1) is 0 Å². The van der Waals surface area contributed by atoms with Crippen LogP contribution in [0.25, 0.3) is 22.9 Å². The normalized spacial score (nSPS) is 16.8. The summed E-state index contributed by atoms with van der Waals surface area (Å²) in [6, 6.07) is 2.98. The van der Waals surface area contributed by atoms with E-state index >= 15 is 0 Å². The number of benzene rings is 1. The summed E-state index contributed by atoms with van der Waals surface area (Å²) in [6.07, 6.45) is 4.65. The monoisotopic (exact) mass is 595 g/mol. The van der Waals surface area contributed by atoms with E-state index in [0.717, 1.165) is 18.0 Å². The van der Waals surface area contributed by atoms with Crippen LogP contribution in [0.4, 0.5) is 29.2 Å². The van der Waals surface area contributed by atoms with Crippen LogP contribution in [0.1, 0.15) is 41.4 Å². The fourth-order valence-corrected chi connectivity index (χ4v) is 5.52. The maximum atomic E-state index is 14.0. The minimum atomic E-state index is -4.81. The van der Waals surface area contributed by atoms with E-state index in [1.165, 1.54) is 18.7 Å². The van der Waals surface area contributed by atoms with Gasteiger partial charge in [-0.25, -0.2) is 24.3 Å². The van der Waals surface area contributed by atoms with Gasteiger partial charge in [-0.3, -0.25) is 4.79 Å². The average Bonchev–Trinajstić information content (AvgIpc) is 3.71. The molecule has 43 heavy (non-hydrogen) atoms. The largest absolute Gasteiger partial charge is 0.419 e. The molecule has 1 fully saturated rings. The Morgan fingerprint density at radius 1 is 1.16 bits per heavy atom. The maximum absolute atomic E-state index is 14.0. The Bertz CT molecular complexity index is 1670. The van der Waals surface area contributed by atoms with Crippen LogP contribution in [0.3, 0.4) is 0 Å². The summed E-state index contributed by atoms with van der Waals surface area (Å²) in [5, 5.41) is 2.81. The van der Waals surface area contributed by atoms with Gasteiger partial charge in [0.05, 0.1) is 40.6 Å². The zero-order valence-corrected chi connectivity index (χ0v) is 23.5. The molecule has 0 spiro atoms. The highest BCUT2D eigenvalue weighted by molar-refractivity contribution is 6.35. The third-order valence-corrected chi connectivity index (χ3v) is 7.72. The Morgan fingerprint density at radius 2 is 1.95 bits per heavy atom. The van der Waals surface area contributed by atoms with Gasteiger partial charge in [0.1, 0.15) is 29.6 Å². The molecule has 1 aromatic carbocycles. The summed E-state index contributed by atoms with van der Waals surface area (Å²) >= 11 is 0. The molecule has 0 radical (unpaired) electrons. The van der Waals surface area contributed by atoms with E-state index in [2.05, 4.69) is 30.2 Å². The molecule has 6 rings (SSSR count). The molecule has 10 nitrogen and oxygen atoms in total. The van der Waals surface area contributed by atoms with Gasteiger partial charge in [0.15, 0.2) is 0 Å². The average molecular weight is 596 g/mol. The lowest BCUT2D eigenvalue weighted by Gasteiger charge is -2.33. The molecule has 0 aliphatic carbocycles. The van der Waals surface area contributed by atoms with E-state index in [1.807, 2.05) is 23.6 Å². The number of amides is 1. The number of hydrogen-bond donors (Lipinski definition) is 2. The molecule has 2 N–H and O–H groups in total. The van der Waals surface area contributed by atoms with E-state index in [-0.39, 0.29) is 17.4 Å². The minimum Gasteiger partial charge on any atom is -0.356 e. The first-order valence-electron chi connectivity index (χ1n) is 13.8. The van der Waals surface area contributed by atoms with Gasteiger partial charge < -0.3 is 24.7 Å². The van der Waals surface area contributed by atoms with Crippen LogP contribution in [0.5, 0.6) is 0 Å². The van der Waals surface area contributed by atoms with Crippen molar-refractivity contribution in [2.75, 3.05) is 43.9 Å². The molecule has 14 heteroatoms. The first kappa shape index (κ1) is 28.5. The molecule has 3 aromatic heterocycles. The third-order valence-electron chi connectivity index (χ3n) is 7.72. The van der Waals surface area contributed by atoms with Gasteiger partial charge in [-0.05, 0) is 51.2 Å². The topological polar surface area (TPSA) is 108 Å². The molecule has 0 unspecified atom stereocenters. The van der Waals surface area contributed by atoms with Crippen LogP contribution in [0.2, 0.25) is 0 Å². The Hall–Kier alpha value is -4.59. The second-order valence-corrected chi connectivity index (χ2v) is 10.9. The van der Waals surface area contributed by atoms with Gasteiger partial charge in [-0.1, -0.05) is 0 Å². The van der Waals surface area contributed by atoms with Crippen LogP contribution in [-0.2, 0) is 17.5 Å². The highest BCUT2D eigenvalue weighted by atomic mass is 19.4. The number of fused-ring (bicyclic) bond motifs is 1. The van der Waals surface area contributed by atoms with Crippen molar-refractivity contribution in [3.63, 3.8) is 0 Å². The molecule has 0 bridgehead atoms. The van der Waals surface area contributed by atoms with Crippen molar-refractivity contribution in [3.8, 4) is 11.3 Å². The van der Waals surface area contributed by atoms with E-state index in [4.69, 9.17) is 4.98 Å². The van der Waals surface area contributed by atoms with Crippen molar-refractivity contribution >= 4 is 29.2 Å². The van der Waals surface area contributed by atoms with Crippen molar-refractivity contribution < 1.29 is 22.4 Å². The number of aromatic amines is 1. The SMILES string of the molecule is CN(C)CCn1cc(-c2ccc(F)c(C(F)(F)F)c2)nc1C1CCN(c2ncnc3c2C(=Cc2cnc[nH]2)C(=O)N3)CC1. The molecule has 4 aromatic rings. The van der Waals surface area contributed by atoms with Crippen molar-refractivity contribution in [1.82, 2.24) is 34.4 Å². The molecule has 0 saturated carbocycles. The number of alkyl halides is 3. The van der Waals surface area contributed by atoms with Gasteiger partial charge in [0, 0.05) is 43.9 Å².